The Morgan fingerprint density at radius 2 is 2.12 bits per heavy atom. The molecule has 0 aliphatic carbocycles. The molecule has 3 nitrogen and oxygen atoms in total. The van der Waals surface area contributed by atoms with Crippen LogP contribution in [0.15, 0.2) is 18.2 Å². The van der Waals surface area contributed by atoms with Crippen LogP contribution in [0.25, 0.3) is 0 Å². The van der Waals surface area contributed by atoms with E-state index in [1.807, 2.05) is 39.0 Å². The number of pyridine rings is 1. The van der Waals surface area contributed by atoms with E-state index in [1.54, 1.807) is 11.9 Å². The lowest BCUT2D eigenvalue weighted by atomic mass is 10.2. The second-order valence-electron chi connectivity index (χ2n) is 4.40. The van der Waals surface area contributed by atoms with Crippen LogP contribution in [0.1, 0.15) is 25.2 Å². The molecule has 0 unspecified atom stereocenters. The number of aromatic nitrogens is 1. The minimum Gasteiger partial charge on any atom is -0.339 e. The van der Waals surface area contributed by atoms with Gasteiger partial charge in [0.2, 0.25) is 5.91 Å². The van der Waals surface area contributed by atoms with Crippen molar-refractivity contribution >= 4 is 21.8 Å². The van der Waals surface area contributed by atoms with E-state index >= 15 is 0 Å². The number of hydrogen-bond acceptors (Lipinski definition) is 2. The molecule has 16 heavy (non-hydrogen) atoms. The topological polar surface area (TPSA) is 33.2 Å². The largest absolute Gasteiger partial charge is 0.339 e. The molecule has 0 aromatic carbocycles. The van der Waals surface area contributed by atoms with Crippen LogP contribution in [0.3, 0.4) is 0 Å². The van der Waals surface area contributed by atoms with E-state index in [-0.39, 0.29) is 5.91 Å². The van der Waals surface area contributed by atoms with E-state index in [9.17, 15) is 4.79 Å². The molecule has 0 aliphatic rings. The average molecular weight is 285 g/mol. The first kappa shape index (κ1) is 13.2. The highest BCUT2D eigenvalue weighted by Gasteiger charge is 2.27. The molecule has 88 valence electrons. The molecule has 1 amide bonds. The molecule has 4 heteroatoms. The van der Waals surface area contributed by atoms with Gasteiger partial charge in [-0.1, -0.05) is 22.0 Å². The summed E-state index contributed by atoms with van der Waals surface area (Å²) in [7, 11) is 1.79. The van der Waals surface area contributed by atoms with Crippen molar-refractivity contribution in [1.82, 2.24) is 9.88 Å². The van der Waals surface area contributed by atoms with Gasteiger partial charge in [0.1, 0.15) is 0 Å². The summed E-state index contributed by atoms with van der Waals surface area (Å²) in [4.78, 5) is 18.0. The normalized spacial score (nSPS) is 11.3. The number of carbonyl (C=O) groups is 1. The molecule has 0 saturated heterocycles. The van der Waals surface area contributed by atoms with Crippen molar-refractivity contribution in [2.75, 3.05) is 7.05 Å². The molecule has 0 aliphatic heterocycles. The third-order valence-electron chi connectivity index (χ3n) is 2.20. The van der Waals surface area contributed by atoms with Crippen molar-refractivity contribution in [3.05, 3.63) is 29.6 Å². The molecule has 0 radical (unpaired) electrons. The van der Waals surface area contributed by atoms with Gasteiger partial charge in [-0.3, -0.25) is 9.78 Å². The van der Waals surface area contributed by atoms with Gasteiger partial charge in [-0.2, -0.15) is 0 Å². The molecule has 0 atom stereocenters. The van der Waals surface area contributed by atoms with E-state index < -0.39 is 4.32 Å². The molecule has 1 aromatic heterocycles. The maximum absolute atomic E-state index is 11.9. The molecule has 0 N–H and O–H groups in total. The zero-order valence-corrected chi connectivity index (χ0v) is 11.7. The summed E-state index contributed by atoms with van der Waals surface area (Å²) in [6, 6.07) is 5.83. The predicted molar refractivity (Wildman–Crippen MR) is 68.5 cm³/mol. The predicted octanol–water partition coefficient (Wildman–Crippen LogP) is 2.52. The number of alkyl halides is 1. The fourth-order valence-corrected chi connectivity index (χ4v) is 1.76. The summed E-state index contributed by atoms with van der Waals surface area (Å²) in [6.45, 7) is 6.17. The number of nitrogens with zero attached hydrogens (tertiary/aromatic N) is 2. The van der Waals surface area contributed by atoms with Crippen molar-refractivity contribution in [2.45, 2.75) is 31.6 Å². The van der Waals surface area contributed by atoms with Crippen molar-refractivity contribution < 1.29 is 4.79 Å². The Kier molecular flexibility index (Phi) is 4.08. The lowest BCUT2D eigenvalue weighted by Crippen LogP contribution is -2.38. The zero-order chi connectivity index (χ0) is 12.3. The van der Waals surface area contributed by atoms with Crippen molar-refractivity contribution in [1.29, 1.82) is 0 Å². The fourth-order valence-electron chi connectivity index (χ4n) is 1.46. The van der Waals surface area contributed by atoms with Gasteiger partial charge >= 0.3 is 0 Å². The van der Waals surface area contributed by atoms with Gasteiger partial charge in [0, 0.05) is 12.7 Å². The Morgan fingerprint density at radius 1 is 1.50 bits per heavy atom. The molecule has 0 saturated carbocycles. The maximum Gasteiger partial charge on any atom is 0.238 e. The van der Waals surface area contributed by atoms with Crippen molar-refractivity contribution in [2.24, 2.45) is 0 Å². The van der Waals surface area contributed by atoms with E-state index in [0.29, 0.717) is 6.54 Å². The molecule has 0 bridgehead atoms. The first-order valence-electron chi connectivity index (χ1n) is 5.17. The molecule has 1 aromatic rings. The summed E-state index contributed by atoms with van der Waals surface area (Å²) in [5, 5.41) is 0. The third kappa shape index (κ3) is 3.59. The molecular weight excluding hydrogens is 268 g/mol. The number of halogens is 1. The van der Waals surface area contributed by atoms with Crippen LogP contribution in [0.5, 0.6) is 0 Å². The second-order valence-corrected chi connectivity index (χ2v) is 6.39. The van der Waals surface area contributed by atoms with E-state index in [2.05, 4.69) is 20.9 Å². The standard InChI is InChI=1S/C12H17BrN2O/c1-9-6-5-7-10(14-9)8-15(4)11(16)12(2,3)13/h5-7H,8H2,1-4H3. The fraction of sp³-hybridized carbons (Fsp3) is 0.500. The van der Waals surface area contributed by atoms with Crippen LogP contribution < -0.4 is 0 Å². The van der Waals surface area contributed by atoms with Gasteiger partial charge in [-0.05, 0) is 32.9 Å². The minimum absolute atomic E-state index is 0.0517. The lowest BCUT2D eigenvalue weighted by molar-refractivity contribution is -0.132. The molecule has 0 spiro atoms. The van der Waals surface area contributed by atoms with Crippen LogP contribution in [-0.2, 0) is 11.3 Å². The lowest BCUT2D eigenvalue weighted by Gasteiger charge is -2.24. The van der Waals surface area contributed by atoms with Gasteiger partial charge in [0.25, 0.3) is 0 Å². The highest BCUT2D eigenvalue weighted by atomic mass is 79.9. The van der Waals surface area contributed by atoms with E-state index in [4.69, 9.17) is 0 Å². The Balaban J connectivity index is 2.72. The zero-order valence-electron chi connectivity index (χ0n) is 10.1. The van der Waals surface area contributed by atoms with Crippen LogP contribution >= 0.6 is 15.9 Å². The third-order valence-corrected chi connectivity index (χ3v) is 2.54. The highest BCUT2D eigenvalue weighted by molar-refractivity contribution is 9.10. The van der Waals surface area contributed by atoms with E-state index in [1.165, 1.54) is 0 Å². The molecule has 1 rings (SSSR count). The van der Waals surface area contributed by atoms with E-state index in [0.717, 1.165) is 11.4 Å². The Morgan fingerprint density at radius 3 is 2.62 bits per heavy atom. The van der Waals surface area contributed by atoms with Crippen molar-refractivity contribution in [3.8, 4) is 0 Å². The average Bonchev–Trinajstić information content (AvgIpc) is 2.15. The molecular formula is C12H17BrN2O. The quantitative estimate of drug-likeness (QED) is 0.800. The SMILES string of the molecule is Cc1cccc(CN(C)C(=O)C(C)(C)Br)n1. The first-order valence-corrected chi connectivity index (χ1v) is 5.97. The Labute approximate surface area is 105 Å². The molecule has 0 fully saturated rings. The smallest absolute Gasteiger partial charge is 0.238 e. The van der Waals surface area contributed by atoms with Gasteiger partial charge in [0.15, 0.2) is 0 Å². The van der Waals surface area contributed by atoms with Crippen LogP contribution in [0.2, 0.25) is 0 Å². The van der Waals surface area contributed by atoms with Gasteiger partial charge in [-0.25, -0.2) is 0 Å². The number of rotatable bonds is 3. The monoisotopic (exact) mass is 284 g/mol. The number of hydrogen-bond donors (Lipinski definition) is 0. The summed E-state index contributed by atoms with van der Waals surface area (Å²) >= 11 is 3.36. The number of amides is 1. The van der Waals surface area contributed by atoms with Crippen LogP contribution in [0, 0.1) is 6.92 Å². The van der Waals surface area contributed by atoms with Crippen LogP contribution in [0.4, 0.5) is 0 Å². The summed E-state index contributed by atoms with van der Waals surface area (Å²) in [5.74, 6) is 0.0517. The highest BCUT2D eigenvalue weighted by Crippen LogP contribution is 2.19. The Bertz CT molecular complexity index is 385. The summed E-state index contributed by atoms with van der Waals surface area (Å²) in [5.41, 5.74) is 1.88. The maximum atomic E-state index is 11.9. The van der Waals surface area contributed by atoms with Gasteiger partial charge in [0.05, 0.1) is 16.6 Å². The first-order chi connectivity index (χ1) is 7.30. The summed E-state index contributed by atoms with van der Waals surface area (Å²) < 4.78 is -0.522. The molecule has 1 heterocycles. The van der Waals surface area contributed by atoms with Gasteiger partial charge in [-0.15, -0.1) is 0 Å². The minimum atomic E-state index is -0.522. The van der Waals surface area contributed by atoms with Crippen LogP contribution in [-0.4, -0.2) is 27.2 Å². The van der Waals surface area contributed by atoms with Gasteiger partial charge < -0.3 is 4.90 Å². The number of aryl methyl sites for hydroxylation is 1. The Hall–Kier alpha value is -0.900. The van der Waals surface area contributed by atoms with Crippen molar-refractivity contribution in [3.63, 3.8) is 0 Å². The summed E-state index contributed by atoms with van der Waals surface area (Å²) in [6.07, 6.45) is 0. The number of carbonyl (C=O) groups excluding carboxylic acids is 1. The second kappa shape index (κ2) is 4.95.